The lowest BCUT2D eigenvalue weighted by atomic mass is 9.46. The van der Waals surface area contributed by atoms with Crippen LogP contribution in [0.15, 0.2) is 0 Å². The highest BCUT2D eigenvalue weighted by Gasteiger charge is 2.64. The van der Waals surface area contributed by atoms with Crippen molar-refractivity contribution in [2.75, 3.05) is 7.11 Å². The molecule has 2 aliphatic carbocycles. The summed E-state index contributed by atoms with van der Waals surface area (Å²) in [6.07, 6.45) is 5.35. The van der Waals surface area contributed by atoms with Crippen LogP contribution in [0.25, 0.3) is 0 Å². The van der Waals surface area contributed by atoms with Gasteiger partial charge in [-0.3, -0.25) is 4.79 Å². The van der Waals surface area contributed by atoms with Crippen LogP contribution >= 0.6 is 0 Å². The van der Waals surface area contributed by atoms with Crippen molar-refractivity contribution >= 4 is 5.97 Å². The normalized spacial score (nSPS) is 36.8. The molecule has 0 amide bonds. The van der Waals surface area contributed by atoms with Gasteiger partial charge < -0.3 is 10.5 Å². The van der Waals surface area contributed by atoms with Crippen molar-refractivity contribution in [2.45, 2.75) is 37.6 Å². The third-order valence-corrected chi connectivity index (χ3v) is 3.80. The molecule has 0 aromatic rings. The average molecular weight is 169 g/mol. The highest BCUT2D eigenvalue weighted by atomic mass is 16.5. The Morgan fingerprint density at radius 3 is 2.25 bits per heavy atom. The van der Waals surface area contributed by atoms with E-state index in [1.165, 1.54) is 13.5 Å². The number of hydrogen-bond donors (Lipinski definition) is 1. The van der Waals surface area contributed by atoms with E-state index in [2.05, 4.69) is 0 Å². The van der Waals surface area contributed by atoms with Crippen LogP contribution in [0, 0.1) is 5.41 Å². The fourth-order valence-electron chi connectivity index (χ4n) is 2.55. The summed E-state index contributed by atoms with van der Waals surface area (Å²) in [7, 11) is 1.42. The zero-order chi connectivity index (χ0) is 8.82. The van der Waals surface area contributed by atoms with Crippen LogP contribution in [0.5, 0.6) is 0 Å². The van der Waals surface area contributed by atoms with Gasteiger partial charge in [-0.25, -0.2) is 0 Å². The quantitative estimate of drug-likeness (QED) is 0.591. The molecule has 2 N–H and O–H groups in total. The highest BCUT2D eigenvalue weighted by molar-refractivity contribution is 5.83. The molecule has 0 aromatic carbocycles. The van der Waals surface area contributed by atoms with Crippen LogP contribution in [-0.4, -0.2) is 18.6 Å². The van der Waals surface area contributed by atoms with E-state index in [-0.39, 0.29) is 11.4 Å². The average Bonchev–Trinajstić information content (AvgIpc) is 1.97. The van der Waals surface area contributed by atoms with Gasteiger partial charge in [0.25, 0.3) is 0 Å². The Morgan fingerprint density at radius 2 is 2.00 bits per heavy atom. The Labute approximate surface area is 72.3 Å². The van der Waals surface area contributed by atoms with Crippen molar-refractivity contribution in [2.24, 2.45) is 11.1 Å². The summed E-state index contributed by atoms with van der Waals surface area (Å²) in [5.41, 5.74) is 5.51. The summed E-state index contributed by atoms with van der Waals surface area (Å²) >= 11 is 0. The molecule has 0 saturated heterocycles. The number of nitrogens with two attached hydrogens (primary N) is 1. The van der Waals surface area contributed by atoms with E-state index < -0.39 is 5.54 Å². The van der Waals surface area contributed by atoms with E-state index in [9.17, 15) is 4.79 Å². The first-order valence-electron chi connectivity index (χ1n) is 4.52. The molecule has 0 radical (unpaired) electrons. The maximum atomic E-state index is 11.4. The predicted octanol–water partition coefficient (Wildman–Crippen LogP) is 0.821. The lowest BCUT2D eigenvalue weighted by Gasteiger charge is -2.60. The van der Waals surface area contributed by atoms with Crippen molar-refractivity contribution in [3.8, 4) is 0 Å². The zero-order valence-corrected chi connectivity index (χ0v) is 7.43. The summed E-state index contributed by atoms with van der Waals surface area (Å²) in [6.45, 7) is 0. The number of carbonyl (C=O) groups is 1. The maximum Gasteiger partial charge on any atom is 0.326 e. The lowest BCUT2D eigenvalue weighted by Crippen LogP contribution is -2.70. The number of hydrogen-bond acceptors (Lipinski definition) is 3. The smallest absolute Gasteiger partial charge is 0.326 e. The van der Waals surface area contributed by atoms with E-state index in [4.69, 9.17) is 10.5 Å². The minimum absolute atomic E-state index is 0.125. The summed E-state index contributed by atoms with van der Waals surface area (Å²) in [5.74, 6) is -0.214. The summed E-state index contributed by atoms with van der Waals surface area (Å²) < 4.78 is 4.72. The van der Waals surface area contributed by atoms with Gasteiger partial charge in [-0.15, -0.1) is 0 Å². The van der Waals surface area contributed by atoms with Gasteiger partial charge in [0.2, 0.25) is 0 Å². The van der Waals surface area contributed by atoms with Crippen molar-refractivity contribution in [1.82, 2.24) is 0 Å². The van der Waals surface area contributed by atoms with Crippen LogP contribution in [0.3, 0.4) is 0 Å². The van der Waals surface area contributed by atoms with Crippen molar-refractivity contribution in [3.05, 3.63) is 0 Å². The molecule has 0 bridgehead atoms. The Kier molecular flexibility index (Phi) is 1.49. The van der Waals surface area contributed by atoms with E-state index >= 15 is 0 Å². The molecule has 1 spiro atoms. The molecule has 3 nitrogen and oxygen atoms in total. The number of rotatable bonds is 1. The molecule has 2 aliphatic rings. The first kappa shape index (κ1) is 8.05. The third-order valence-electron chi connectivity index (χ3n) is 3.80. The summed E-state index contributed by atoms with van der Waals surface area (Å²) in [6, 6.07) is 0. The van der Waals surface area contributed by atoms with Gasteiger partial charge in [-0.2, -0.15) is 0 Å². The second kappa shape index (κ2) is 2.22. The number of carbonyl (C=O) groups excluding carboxylic acids is 1. The summed E-state index contributed by atoms with van der Waals surface area (Å²) in [5, 5.41) is 0. The minimum Gasteiger partial charge on any atom is -0.468 e. The van der Waals surface area contributed by atoms with Crippen LogP contribution in [0.2, 0.25) is 0 Å². The van der Waals surface area contributed by atoms with E-state index in [0.717, 1.165) is 25.7 Å². The molecular formula is C9H15NO2. The third kappa shape index (κ3) is 0.678. The van der Waals surface area contributed by atoms with Crippen molar-refractivity contribution in [3.63, 3.8) is 0 Å². The van der Waals surface area contributed by atoms with E-state index in [1.807, 2.05) is 0 Å². The van der Waals surface area contributed by atoms with Gasteiger partial charge in [-0.05, 0) is 31.1 Å². The van der Waals surface area contributed by atoms with Gasteiger partial charge in [0.1, 0.15) is 5.54 Å². The fourth-order valence-corrected chi connectivity index (χ4v) is 2.55. The standard InChI is InChI=1S/C9H15NO2/c1-12-7(11)9(10)6-5-8(9)3-2-4-8/h2-6,10H2,1H3. The van der Waals surface area contributed by atoms with E-state index in [0.29, 0.717) is 0 Å². The second-order valence-corrected chi connectivity index (χ2v) is 4.10. The monoisotopic (exact) mass is 169 g/mol. The Bertz CT molecular complexity index is 217. The Hall–Kier alpha value is -0.570. The van der Waals surface area contributed by atoms with Gasteiger partial charge in [-0.1, -0.05) is 6.42 Å². The topological polar surface area (TPSA) is 52.3 Å². The molecular weight excluding hydrogens is 154 g/mol. The van der Waals surface area contributed by atoms with Crippen LogP contribution in [0.4, 0.5) is 0 Å². The van der Waals surface area contributed by atoms with Gasteiger partial charge in [0, 0.05) is 0 Å². The predicted molar refractivity (Wildman–Crippen MR) is 44.5 cm³/mol. The number of esters is 1. The molecule has 3 heteroatoms. The van der Waals surface area contributed by atoms with Crippen molar-refractivity contribution in [1.29, 1.82) is 0 Å². The Balaban J connectivity index is 2.16. The van der Waals surface area contributed by atoms with Crippen molar-refractivity contribution < 1.29 is 9.53 Å². The maximum absolute atomic E-state index is 11.4. The molecule has 68 valence electrons. The van der Waals surface area contributed by atoms with Gasteiger partial charge >= 0.3 is 5.97 Å². The molecule has 0 heterocycles. The molecule has 2 saturated carbocycles. The minimum atomic E-state index is -0.639. The Morgan fingerprint density at radius 1 is 1.33 bits per heavy atom. The molecule has 1 atom stereocenters. The molecule has 1 unspecified atom stereocenters. The van der Waals surface area contributed by atoms with Crippen LogP contribution in [-0.2, 0) is 9.53 Å². The first-order valence-corrected chi connectivity index (χ1v) is 4.52. The number of ether oxygens (including phenoxy) is 1. The van der Waals surface area contributed by atoms with E-state index in [1.54, 1.807) is 0 Å². The molecule has 0 aliphatic heterocycles. The summed E-state index contributed by atoms with van der Waals surface area (Å²) in [4.78, 5) is 11.4. The van der Waals surface area contributed by atoms with Gasteiger partial charge in [0.05, 0.1) is 7.11 Å². The number of methoxy groups -OCH3 is 1. The molecule has 2 fully saturated rings. The zero-order valence-electron chi connectivity index (χ0n) is 7.43. The lowest BCUT2D eigenvalue weighted by molar-refractivity contribution is -0.170. The largest absolute Gasteiger partial charge is 0.468 e. The highest BCUT2D eigenvalue weighted by Crippen LogP contribution is 2.61. The van der Waals surface area contributed by atoms with Gasteiger partial charge in [0.15, 0.2) is 0 Å². The first-order chi connectivity index (χ1) is 5.65. The molecule has 0 aromatic heterocycles. The second-order valence-electron chi connectivity index (χ2n) is 4.10. The molecule has 12 heavy (non-hydrogen) atoms. The fraction of sp³-hybridized carbons (Fsp3) is 0.889. The van der Waals surface area contributed by atoms with Crippen LogP contribution < -0.4 is 5.73 Å². The molecule has 2 rings (SSSR count). The SMILES string of the molecule is COC(=O)C1(N)CCC12CCC2. The van der Waals surface area contributed by atoms with Crippen LogP contribution in [0.1, 0.15) is 32.1 Å².